The van der Waals surface area contributed by atoms with Gasteiger partial charge in [-0.3, -0.25) is 9.59 Å². The van der Waals surface area contributed by atoms with Crippen LogP contribution >= 0.6 is 0 Å². The first-order chi connectivity index (χ1) is 8.31. The van der Waals surface area contributed by atoms with Crippen molar-refractivity contribution >= 4 is 20.3 Å². The van der Waals surface area contributed by atoms with Crippen molar-refractivity contribution in [3.63, 3.8) is 0 Å². The first kappa shape index (κ1) is 11.1. The standard InChI is InChI=1S/C10H6BO6/c12-3-7-1-9(5-14-7)16-11-17-10-2-8(4-13)15-6-10/h1-6H. The molecule has 2 heterocycles. The highest BCUT2D eigenvalue weighted by molar-refractivity contribution is 6.20. The molecule has 0 aromatic carbocycles. The van der Waals surface area contributed by atoms with Crippen LogP contribution in [0.5, 0.6) is 11.5 Å². The highest BCUT2D eigenvalue weighted by Gasteiger charge is 2.07. The van der Waals surface area contributed by atoms with E-state index in [1.807, 2.05) is 0 Å². The van der Waals surface area contributed by atoms with E-state index < -0.39 is 0 Å². The molecule has 6 nitrogen and oxygen atoms in total. The summed E-state index contributed by atoms with van der Waals surface area (Å²) in [6.07, 6.45) is 3.63. The number of carbonyl (C=O) groups is 2. The highest BCUT2D eigenvalue weighted by atomic mass is 16.6. The third-order valence-electron chi connectivity index (χ3n) is 1.79. The Morgan fingerprint density at radius 3 is 1.76 bits per heavy atom. The second kappa shape index (κ2) is 5.06. The van der Waals surface area contributed by atoms with Crippen LogP contribution < -0.4 is 9.31 Å². The zero-order valence-electron chi connectivity index (χ0n) is 8.49. The summed E-state index contributed by atoms with van der Waals surface area (Å²) in [6, 6.07) is 2.80. The average Bonchev–Trinajstić information content (AvgIpc) is 2.97. The Hall–Kier alpha value is -2.44. The third kappa shape index (κ3) is 2.78. The fourth-order valence-corrected chi connectivity index (χ4v) is 1.05. The summed E-state index contributed by atoms with van der Waals surface area (Å²) in [5.41, 5.74) is 0. The van der Waals surface area contributed by atoms with Gasteiger partial charge in [-0.05, 0) is 0 Å². The van der Waals surface area contributed by atoms with Gasteiger partial charge in [0.15, 0.2) is 24.1 Å². The normalized spacial score (nSPS) is 9.65. The van der Waals surface area contributed by atoms with Gasteiger partial charge in [0.25, 0.3) is 0 Å². The van der Waals surface area contributed by atoms with Crippen LogP contribution in [0.2, 0.25) is 0 Å². The molecule has 0 aliphatic carbocycles. The van der Waals surface area contributed by atoms with Crippen molar-refractivity contribution in [2.45, 2.75) is 0 Å². The summed E-state index contributed by atoms with van der Waals surface area (Å²) in [5, 5.41) is 0. The molecule has 1 radical (unpaired) electrons. The zero-order valence-corrected chi connectivity index (χ0v) is 8.49. The number of hydrogen-bond donors (Lipinski definition) is 0. The van der Waals surface area contributed by atoms with E-state index in [9.17, 15) is 9.59 Å². The Kier molecular flexibility index (Phi) is 3.30. The molecule has 17 heavy (non-hydrogen) atoms. The molecule has 0 amide bonds. The molecule has 2 rings (SSSR count). The van der Waals surface area contributed by atoms with Crippen molar-refractivity contribution < 1.29 is 27.7 Å². The Morgan fingerprint density at radius 2 is 1.41 bits per heavy atom. The van der Waals surface area contributed by atoms with Gasteiger partial charge in [0, 0.05) is 12.1 Å². The van der Waals surface area contributed by atoms with Crippen molar-refractivity contribution in [1.29, 1.82) is 0 Å². The van der Waals surface area contributed by atoms with Crippen molar-refractivity contribution in [3.05, 3.63) is 36.2 Å². The van der Waals surface area contributed by atoms with Gasteiger partial charge in [-0.2, -0.15) is 0 Å². The second-order valence-corrected chi connectivity index (χ2v) is 2.94. The monoisotopic (exact) mass is 233 g/mol. The third-order valence-corrected chi connectivity index (χ3v) is 1.79. The van der Waals surface area contributed by atoms with Crippen LogP contribution in [0.1, 0.15) is 21.1 Å². The van der Waals surface area contributed by atoms with E-state index in [1.54, 1.807) is 0 Å². The van der Waals surface area contributed by atoms with Gasteiger partial charge in [-0.15, -0.1) is 0 Å². The van der Waals surface area contributed by atoms with Crippen molar-refractivity contribution in [2.75, 3.05) is 0 Å². The van der Waals surface area contributed by atoms with E-state index >= 15 is 0 Å². The molecule has 0 saturated heterocycles. The SMILES string of the molecule is O=Cc1cc(O[B]Oc2coc(C=O)c2)co1. The maximum Gasteiger partial charge on any atom is 0.658 e. The zero-order chi connectivity index (χ0) is 12.1. The van der Waals surface area contributed by atoms with Crippen LogP contribution in [0, 0.1) is 0 Å². The molecule has 85 valence electrons. The van der Waals surface area contributed by atoms with Gasteiger partial charge in [0.05, 0.1) is 0 Å². The Labute approximate surface area is 96.4 Å². The van der Waals surface area contributed by atoms with E-state index in [1.165, 1.54) is 24.7 Å². The maximum atomic E-state index is 10.3. The quantitative estimate of drug-likeness (QED) is 0.555. The number of rotatable bonds is 6. The molecular formula is C10H6BO6. The minimum absolute atomic E-state index is 0.153. The average molecular weight is 233 g/mol. The molecule has 2 aromatic heterocycles. The number of aldehydes is 2. The van der Waals surface area contributed by atoms with Crippen molar-refractivity contribution in [3.8, 4) is 11.5 Å². The topological polar surface area (TPSA) is 78.9 Å². The summed E-state index contributed by atoms with van der Waals surface area (Å²) in [6.45, 7) is 0. The summed E-state index contributed by atoms with van der Waals surface area (Å²) in [5.74, 6) is 0.956. The smallest absolute Gasteiger partial charge is 0.524 e. The van der Waals surface area contributed by atoms with Crippen molar-refractivity contribution in [2.24, 2.45) is 0 Å². The number of carbonyl (C=O) groups excluding carboxylic acids is 2. The van der Waals surface area contributed by atoms with E-state index in [0.717, 1.165) is 7.69 Å². The van der Waals surface area contributed by atoms with Gasteiger partial charge in [0.2, 0.25) is 0 Å². The lowest BCUT2D eigenvalue weighted by atomic mass is 10.3. The predicted molar refractivity (Wildman–Crippen MR) is 55.2 cm³/mol. The van der Waals surface area contributed by atoms with E-state index in [4.69, 9.17) is 18.1 Å². The largest absolute Gasteiger partial charge is 0.658 e. The Morgan fingerprint density at radius 1 is 0.941 bits per heavy atom. The summed E-state index contributed by atoms with van der Waals surface area (Å²) in [7, 11) is 1.03. The molecule has 2 aromatic rings. The first-order valence-corrected chi connectivity index (χ1v) is 4.54. The molecule has 0 fully saturated rings. The van der Waals surface area contributed by atoms with Crippen LogP contribution in [0.4, 0.5) is 0 Å². The Bertz CT molecular complexity index is 468. The van der Waals surface area contributed by atoms with Gasteiger partial charge in [-0.1, -0.05) is 0 Å². The predicted octanol–water partition coefficient (Wildman–Crippen LogP) is 1.49. The molecule has 0 spiro atoms. The van der Waals surface area contributed by atoms with Gasteiger partial charge in [-0.25, -0.2) is 0 Å². The summed E-state index contributed by atoms with van der Waals surface area (Å²) < 4.78 is 19.6. The minimum atomic E-state index is 0.153. The molecular weight excluding hydrogens is 227 g/mol. The molecule has 0 bridgehead atoms. The Balaban J connectivity index is 1.82. The van der Waals surface area contributed by atoms with Gasteiger partial charge in [0.1, 0.15) is 24.0 Å². The van der Waals surface area contributed by atoms with Crippen LogP contribution in [0.15, 0.2) is 33.5 Å². The van der Waals surface area contributed by atoms with E-state index in [-0.39, 0.29) is 11.5 Å². The minimum Gasteiger partial charge on any atom is -0.524 e. The highest BCUT2D eigenvalue weighted by Crippen LogP contribution is 2.16. The first-order valence-electron chi connectivity index (χ1n) is 4.54. The lowest BCUT2D eigenvalue weighted by Gasteiger charge is -1.99. The summed E-state index contributed by atoms with van der Waals surface area (Å²) in [4.78, 5) is 20.6. The molecule has 0 atom stereocenters. The van der Waals surface area contributed by atoms with Crippen LogP contribution in [-0.2, 0) is 0 Å². The molecule has 0 aliphatic heterocycles. The second-order valence-electron chi connectivity index (χ2n) is 2.94. The fourth-order valence-electron chi connectivity index (χ4n) is 1.05. The maximum absolute atomic E-state index is 10.3. The molecule has 7 heteroatoms. The van der Waals surface area contributed by atoms with Gasteiger partial charge < -0.3 is 18.1 Å². The molecule has 0 unspecified atom stereocenters. The molecule has 0 aliphatic rings. The molecule has 0 N–H and O–H groups in total. The van der Waals surface area contributed by atoms with E-state index in [0.29, 0.717) is 24.1 Å². The van der Waals surface area contributed by atoms with Crippen LogP contribution in [0.25, 0.3) is 0 Å². The van der Waals surface area contributed by atoms with Crippen LogP contribution in [-0.4, -0.2) is 20.3 Å². The number of hydrogen-bond acceptors (Lipinski definition) is 6. The fraction of sp³-hybridized carbons (Fsp3) is 0. The molecule has 0 saturated carbocycles. The summed E-state index contributed by atoms with van der Waals surface area (Å²) >= 11 is 0. The van der Waals surface area contributed by atoms with Crippen LogP contribution in [0.3, 0.4) is 0 Å². The van der Waals surface area contributed by atoms with Crippen molar-refractivity contribution in [1.82, 2.24) is 0 Å². The lowest BCUT2D eigenvalue weighted by molar-refractivity contribution is 0.109. The van der Waals surface area contributed by atoms with Gasteiger partial charge >= 0.3 is 7.69 Å². The van der Waals surface area contributed by atoms with E-state index in [2.05, 4.69) is 0 Å². The number of furan rings is 2. The lowest BCUT2D eigenvalue weighted by Crippen LogP contribution is -2.09.